The smallest absolute Gasteiger partial charge is 0.310 e. The number of nitrogens with zero attached hydrogens (tertiary/aromatic N) is 1. The minimum Gasteiger partial charge on any atom is -0.461 e. The number of aryl methyl sites for hydroxylation is 1. The van der Waals surface area contributed by atoms with Gasteiger partial charge in [-0.2, -0.15) is 0 Å². The molecule has 3 rings (SSSR count). The van der Waals surface area contributed by atoms with E-state index in [1.165, 1.54) is 5.69 Å². The van der Waals surface area contributed by atoms with Crippen LogP contribution < -0.4 is 0 Å². The molecule has 86 valence electrons. The maximum atomic E-state index is 11.8. The van der Waals surface area contributed by atoms with Crippen molar-refractivity contribution >= 4 is 5.97 Å². The number of carbonyl (C=O) groups excluding carboxylic acids is 1. The van der Waals surface area contributed by atoms with E-state index in [9.17, 15) is 4.79 Å². The predicted octanol–water partition coefficient (Wildman–Crippen LogP) is 2.32. The Hall–Kier alpha value is -1.25. The van der Waals surface area contributed by atoms with Gasteiger partial charge in [-0.25, -0.2) is 0 Å². The summed E-state index contributed by atoms with van der Waals surface area (Å²) in [6.07, 6.45) is 5.23. The lowest BCUT2D eigenvalue weighted by atomic mass is 9.85. The Kier molecular flexibility index (Phi) is 2.27. The average Bonchev–Trinajstić information content (AvgIpc) is 2.79. The van der Waals surface area contributed by atoms with Crippen molar-refractivity contribution in [1.29, 1.82) is 0 Å². The van der Waals surface area contributed by atoms with Crippen molar-refractivity contribution in [3.63, 3.8) is 0 Å². The zero-order chi connectivity index (χ0) is 11.1. The standard InChI is InChI=1S/C13H17NO2/c1-2-9-12-10-5-3-7-14(10)8-4-6-11(12)16-13(9)15/h3,5,7,9,11-12H,2,4,6,8H2,1H3/t9-,11-,12-/m1/s1. The summed E-state index contributed by atoms with van der Waals surface area (Å²) in [5, 5.41) is 0. The molecule has 2 aliphatic heterocycles. The summed E-state index contributed by atoms with van der Waals surface area (Å²) in [5.41, 5.74) is 1.29. The Bertz CT molecular complexity index is 410. The average molecular weight is 219 g/mol. The molecule has 0 amide bonds. The highest BCUT2D eigenvalue weighted by molar-refractivity contribution is 5.76. The van der Waals surface area contributed by atoms with Gasteiger partial charge in [0.2, 0.25) is 0 Å². The molecule has 0 unspecified atom stereocenters. The van der Waals surface area contributed by atoms with E-state index >= 15 is 0 Å². The van der Waals surface area contributed by atoms with Gasteiger partial charge in [0.15, 0.2) is 0 Å². The van der Waals surface area contributed by atoms with E-state index in [2.05, 4.69) is 29.8 Å². The minimum atomic E-state index is 0.00662. The largest absolute Gasteiger partial charge is 0.461 e. The summed E-state index contributed by atoms with van der Waals surface area (Å²) in [6.45, 7) is 3.13. The van der Waals surface area contributed by atoms with Gasteiger partial charge in [0.05, 0.1) is 5.92 Å². The molecular weight excluding hydrogens is 202 g/mol. The number of esters is 1. The zero-order valence-electron chi connectivity index (χ0n) is 9.56. The Labute approximate surface area is 95.4 Å². The molecule has 1 aromatic rings. The molecule has 3 heterocycles. The number of ether oxygens (including phenoxy) is 1. The molecule has 16 heavy (non-hydrogen) atoms. The van der Waals surface area contributed by atoms with Crippen LogP contribution in [0.15, 0.2) is 18.3 Å². The Balaban J connectivity index is 2.04. The maximum absolute atomic E-state index is 11.8. The van der Waals surface area contributed by atoms with Gasteiger partial charge in [0.1, 0.15) is 6.10 Å². The van der Waals surface area contributed by atoms with Gasteiger partial charge < -0.3 is 9.30 Å². The number of hydrogen-bond acceptors (Lipinski definition) is 2. The van der Waals surface area contributed by atoms with Gasteiger partial charge in [-0.3, -0.25) is 4.79 Å². The van der Waals surface area contributed by atoms with E-state index in [1.54, 1.807) is 0 Å². The lowest BCUT2D eigenvalue weighted by Gasteiger charge is -2.18. The molecule has 1 aromatic heterocycles. The first-order chi connectivity index (χ1) is 7.81. The van der Waals surface area contributed by atoms with Crippen LogP contribution in [0.2, 0.25) is 0 Å². The molecule has 1 fully saturated rings. The van der Waals surface area contributed by atoms with Gasteiger partial charge in [0, 0.05) is 24.4 Å². The highest BCUT2D eigenvalue weighted by atomic mass is 16.6. The summed E-state index contributed by atoms with van der Waals surface area (Å²) < 4.78 is 7.81. The van der Waals surface area contributed by atoms with E-state index in [1.807, 2.05) is 0 Å². The summed E-state index contributed by atoms with van der Waals surface area (Å²) in [5.74, 6) is 0.360. The highest BCUT2D eigenvalue weighted by Gasteiger charge is 2.45. The lowest BCUT2D eigenvalue weighted by molar-refractivity contribution is -0.144. The van der Waals surface area contributed by atoms with Crippen LogP contribution in [0.4, 0.5) is 0 Å². The molecular formula is C13H17NO2. The number of rotatable bonds is 1. The minimum absolute atomic E-state index is 0.00662. The van der Waals surface area contributed by atoms with Crippen molar-refractivity contribution in [3.05, 3.63) is 24.0 Å². The van der Waals surface area contributed by atoms with Crippen LogP contribution in [0.1, 0.15) is 37.8 Å². The molecule has 0 spiro atoms. The molecule has 0 saturated carbocycles. The second-order valence-corrected chi connectivity index (χ2v) is 4.78. The van der Waals surface area contributed by atoms with Crippen LogP contribution >= 0.6 is 0 Å². The van der Waals surface area contributed by atoms with Crippen LogP contribution in [-0.2, 0) is 16.1 Å². The van der Waals surface area contributed by atoms with Crippen molar-refractivity contribution in [2.24, 2.45) is 5.92 Å². The maximum Gasteiger partial charge on any atom is 0.310 e. The number of carbonyl (C=O) groups is 1. The van der Waals surface area contributed by atoms with Crippen LogP contribution in [0.3, 0.4) is 0 Å². The van der Waals surface area contributed by atoms with E-state index in [4.69, 9.17) is 4.74 Å². The second-order valence-electron chi connectivity index (χ2n) is 4.78. The van der Waals surface area contributed by atoms with Gasteiger partial charge >= 0.3 is 5.97 Å². The fraction of sp³-hybridized carbons (Fsp3) is 0.615. The topological polar surface area (TPSA) is 31.2 Å². The normalized spacial score (nSPS) is 32.8. The number of aromatic nitrogens is 1. The third-order valence-corrected chi connectivity index (χ3v) is 3.94. The molecule has 0 aliphatic carbocycles. The van der Waals surface area contributed by atoms with Crippen LogP contribution in [-0.4, -0.2) is 16.6 Å². The molecule has 1 saturated heterocycles. The van der Waals surface area contributed by atoms with E-state index in [-0.39, 0.29) is 23.9 Å². The van der Waals surface area contributed by atoms with Crippen molar-refractivity contribution in [1.82, 2.24) is 4.57 Å². The zero-order valence-corrected chi connectivity index (χ0v) is 9.56. The summed E-state index contributed by atoms with van der Waals surface area (Å²) in [6, 6.07) is 4.22. The second kappa shape index (κ2) is 3.65. The van der Waals surface area contributed by atoms with E-state index in [0.717, 1.165) is 25.8 Å². The van der Waals surface area contributed by atoms with Gasteiger partial charge in [0.25, 0.3) is 0 Å². The van der Waals surface area contributed by atoms with E-state index in [0.29, 0.717) is 0 Å². The first-order valence-electron chi connectivity index (χ1n) is 6.16. The molecule has 0 N–H and O–H groups in total. The van der Waals surface area contributed by atoms with Crippen LogP contribution in [0.5, 0.6) is 0 Å². The summed E-state index contributed by atoms with van der Waals surface area (Å²) >= 11 is 0. The fourth-order valence-corrected chi connectivity index (χ4v) is 3.17. The van der Waals surface area contributed by atoms with Crippen LogP contribution in [0, 0.1) is 5.92 Å². The molecule has 3 atom stereocenters. The van der Waals surface area contributed by atoms with Crippen molar-refractivity contribution in [2.45, 2.75) is 44.8 Å². The molecule has 3 nitrogen and oxygen atoms in total. The fourth-order valence-electron chi connectivity index (χ4n) is 3.17. The highest BCUT2D eigenvalue weighted by Crippen LogP contribution is 2.42. The van der Waals surface area contributed by atoms with Crippen molar-refractivity contribution in [3.8, 4) is 0 Å². The first kappa shape index (κ1) is 9.94. The third-order valence-electron chi connectivity index (χ3n) is 3.94. The monoisotopic (exact) mass is 219 g/mol. The predicted molar refractivity (Wildman–Crippen MR) is 60.1 cm³/mol. The van der Waals surface area contributed by atoms with Crippen molar-refractivity contribution < 1.29 is 9.53 Å². The third kappa shape index (κ3) is 1.30. The van der Waals surface area contributed by atoms with Crippen LogP contribution in [0.25, 0.3) is 0 Å². The number of fused-ring (bicyclic) bond motifs is 3. The van der Waals surface area contributed by atoms with E-state index < -0.39 is 0 Å². The summed E-state index contributed by atoms with van der Waals surface area (Å²) in [7, 11) is 0. The molecule has 3 heteroatoms. The first-order valence-corrected chi connectivity index (χ1v) is 6.16. The van der Waals surface area contributed by atoms with Gasteiger partial charge in [-0.15, -0.1) is 0 Å². The van der Waals surface area contributed by atoms with Crippen molar-refractivity contribution in [2.75, 3.05) is 0 Å². The SMILES string of the molecule is CC[C@H]1C(=O)O[C@@H]2CCCn3cccc3[C@H]21. The summed E-state index contributed by atoms with van der Waals surface area (Å²) in [4.78, 5) is 11.8. The Morgan fingerprint density at radius 1 is 1.56 bits per heavy atom. The quantitative estimate of drug-likeness (QED) is 0.679. The number of hydrogen-bond donors (Lipinski definition) is 0. The molecule has 0 aromatic carbocycles. The molecule has 2 aliphatic rings. The molecule has 0 radical (unpaired) electrons. The molecule has 0 bridgehead atoms. The Morgan fingerprint density at radius 2 is 2.44 bits per heavy atom. The lowest BCUT2D eigenvalue weighted by Crippen LogP contribution is -2.18. The van der Waals surface area contributed by atoms with Gasteiger partial charge in [-0.05, 0) is 31.4 Å². The Morgan fingerprint density at radius 3 is 3.25 bits per heavy atom. The van der Waals surface area contributed by atoms with Gasteiger partial charge in [-0.1, -0.05) is 6.92 Å².